The highest BCUT2D eigenvalue weighted by molar-refractivity contribution is 7.09. The maximum absolute atomic E-state index is 4.89. The highest BCUT2D eigenvalue weighted by atomic mass is 32.1. The number of nitrogens with zero attached hydrogens (tertiary/aromatic N) is 4. The molecule has 4 nitrogen and oxygen atoms in total. The number of hydrogen-bond donors (Lipinski definition) is 0. The van der Waals surface area contributed by atoms with Crippen LogP contribution in [-0.2, 0) is 13.6 Å². The number of aryl methyl sites for hydroxylation is 1. The highest BCUT2D eigenvalue weighted by Crippen LogP contribution is 2.29. The minimum Gasteiger partial charge on any atom is -0.331 e. The first kappa shape index (κ1) is 13.9. The van der Waals surface area contributed by atoms with Gasteiger partial charge in [0.1, 0.15) is 5.82 Å². The van der Waals surface area contributed by atoms with Gasteiger partial charge in [-0.15, -0.1) is 11.3 Å². The summed E-state index contributed by atoms with van der Waals surface area (Å²) in [7, 11) is 2.15. The lowest BCUT2D eigenvalue weighted by atomic mass is 9.97. The Kier molecular flexibility index (Phi) is 3.68. The van der Waals surface area contributed by atoms with E-state index in [0.29, 0.717) is 5.92 Å². The Morgan fingerprint density at radius 1 is 1.32 bits per heavy atom. The Labute approximate surface area is 134 Å². The zero-order valence-electron chi connectivity index (χ0n) is 12.8. The zero-order chi connectivity index (χ0) is 14.9. The molecular formula is C17H20N4S. The third kappa shape index (κ3) is 2.55. The number of para-hydroxylation sites is 2. The number of benzene rings is 1. The molecule has 0 bridgehead atoms. The van der Waals surface area contributed by atoms with Crippen LogP contribution in [-0.4, -0.2) is 32.5 Å². The summed E-state index contributed by atoms with van der Waals surface area (Å²) < 4.78 is 2.27. The largest absolute Gasteiger partial charge is 0.331 e. The molecule has 0 radical (unpaired) electrons. The van der Waals surface area contributed by atoms with Crippen LogP contribution in [0.1, 0.15) is 29.5 Å². The van der Waals surface area contributed by atoms with Crippen LogP contribution in [0, 0.1) is 0 Å². The molecule has 0 spiro atoms. The normalized spacial score (nSPS) is 19.8. The SMILES string of the molecule is Cn1c([C@H]2CCCN(Cc3cncs3)C2)nc2ccccc21. The minimum atomic E-state index is 0.527. The summed E-state index contributed by atoms with van der Waals surface area (Å²) in [6, 6.07) is 8.42. The number of hydrogen-bond acceptors (Lipinski definition) is 4. The number of rotatable bonds is 3. The Bertz CT molecular complexity index is 762. The van der Waals surface area contributed by atoms with E-state index in [4.69, 9.17) is 4.98 Å². The van der Waals surface area contributed by atoms with Gasteiger partial charge >= 0.3 is 0 Å². The number of imidazole rings is 1. The first-order valence-corrected chi connectivity index (χ1v) is 8.70. The average molecular weight is 312 g/mol. The van der Waals surface area contributed by atoms with Crippen LogP contribution >= 0.6 is 11.3 Å². The molecule has 1 atom stereocenters. The van der Waals surface area contributed by atoms with E-state index in [1.807, 2.05) is 11.7 Å². The van der Waals surface area contributed by atoms with Gasteiger partial charge in [-0.3, -0.25) is 9.88 Å². The van der Waals surface area contributed by atoms with E-state index in [9.17, 15) is 0 Å². The molecule has 114 valence electrons. The molecule has 1 fully saturated rings. The van der Waals surface area contributed by atoms with E-state index in [1.165, 1.54) is 35.6 Å². The van der Waals surface area contributed by atoms with Gasteiger partial charge in [-0.1, -0.05) is 12.1 Å². The quantitative estimate of drug-likeness (QED) is 0.743. The lowest BCUT2D eigenvalue weighted by Crippen LogP contribution is -2.34. The third-order valence-corrected chi connectivity index (χ3v) is 5.32. The lowest BCUT2D eigenvalue weighted by molar-refractivity contribution is 0.197. The summed E-state index contributed by atoms with van der Waals surface area (Å²) in [6.45, 7) is 3.29. The zero-order valence-corrected chi connectivity index (χ0v) is 13.6. The number of aromatic nitrogens is 3. The van der Waals surface area contributed by atoms with Crippen molar-refractivity contribution in [3.8, 4) is 0 Å². The third-order valence-electron chi connectivity index (χ3n) is 4.56. The van der Waals surface area contributed by atoms with Crippen LogP contribution in [0.15, 0.2) is 36.0 Å². The van der Waals surface area contributed by atoms with Crippen molar-refractivity contribution in [1.29, 1.82) is 0 Å². The van der Waals surface area contributed by atoms with Crippen molar-refractivity contribution in [1.82, 2.24) is 19.4 Å². The van der Waals surface area contributed by atoms with E-state index in [2.05, 4.69) is 45.8 Å². The predicted molar refractivity (Wildman–Crippen MR) is 90.1 cm³/mol. The van der Waals surface area contributed by atoms with Crippen LogP contribution < -0.4 is 0 Å². The van der Waals surface area contributed by atoms with Crippen molar-refractivity contribution >= 4 is 22.4 Å². The molecule has 1 saturated heterocycles. The number of thiazole rings is 1. The molecule has 0 unspecified atom stereocenters. The topological polar surface area (TPSA) is 34.0 Å². The fourth-order valence-corrected chi connectivity index (χ4v) is 4.12. The summed E-state index contributed by atoms with van der Waals surface area (Å²) in [5, 5.41) is 0. The number of fused-ring (bicyclic) bond motifs is 1. The van der Waals surface area contributed by atoms with Gasteiger partial charge in [-0.2, -0.15) is 0 Å². The maximum atomic E-state index is 4.89. The molecule has 0 N–H and O–H groups in total. The second-order valence-electron chi connectivity index (χ2n) is 6.06. The Morgan fingerprint density at radius 2 is 2.23 bits per heavy atom. The van der Waals surface area contributed by atoms with E-state index >= 15 is 0 Å². The number of likely N-dealkylation sites (tertiary alicyclic amines) is 1. The minimum absolute atomic E-state index is 0.527. The average Bonchev–Trinajstić information content (AvgIpc) is 3.16. The Hall–Kier alpha value is -1.72. The second kappa shape index (κ2) is 5.82. The first-order chi connectivity index (χ1) is 10.8. The van der Waals surface area contributed by atoms with Crippen molar-refractivity contribution in [3.05, 3.63) is 46.7 Å². The van der Waals surface area contributed by atoms with Gasteiger partial charge in [-0.05, 0) is 31.5 Å². The van der Waals surface area contributed by atoms with Crippen molar-refractivity contribution in [2.45, 2.75) is 25.3 Å². The molecule has 4 rings (SSSR count). The fourth-order valence-electron chi connectivity index (χ4n) is 3.48. The molecule has 3 aromatic rings. The second-order valence-corrected chi connectivity index (χ2v) is 7.03. The van der Waals surface area contributed by atoms with Crippen molar-refractivity contribution in [2.24, 2.45) is 7.05 Å². The van der Waals surface area contributed by atoms with Gasteiger partial charge in [0, 0.05) is 37.1 Å². The van der Waals surface area contributed by atoms with E-state index in [-0.39, 0.29) is 0 Å². The standard InChI is InChI=1S/C17H20N4S/c1-20-16-7-3-2-6-15(16)19-17(20)13-5-4-8-21(10-13)11-14-9-18-12-22-14/h2-3,6-7,9,12-13H,4-5,8,10-11H2,1H3/t13-/m0/s1. The summed E-state index contributed by atoms with van der Waals surface area (Å²) >= 11 is 1.75. The monoisotopic (exact) mass is 312 g/mol. The summed E-state index contributed by atoms with van der Waals surface area (Å²) in [4.78, 5) is 13.0. The van der Waals surface area contributed by atoms with E-state index in [0.717, 1.165) is 18.6 Å². The highest BCUT2D eigenvalue weighted by Gasteiger charge is 2.25. The van der Waals surface area contributed by atoms with Gasteiger partial charge < -0.3 is 4.57 Å². The first-order valence-electron chi connectivity index (χ1n) is 7.82. The molecule has 0 saturated carbocycles. The molecule has 0 aliphatic carbocycles. The fraction of sp³-hybridized carbons (Fsp3) is 0.412. The van der Waals surface area contributed by atoms with Crippen molar-refractivity contribution in [3.63, 3.8) is 0 Å². The molecule has 22 heavy (non-hydrogen) atoms. The molecular weight excluding hydrogens is 292 g/mol. The van der Waals surface area contributed by atoms with Crippen LogP contribution in [0.2, 0.25) is 0 Å². The van der Waals surface area contributed by atoms with Crippen LogP contribution in [0.5, 0.6) is 0 Å². The van der Waals surface area contributed by atoms with Crippen LogP contribution in [0.3, 0.4) is 0 Å². The van der Waals surface area contributed by atoms with Gasteiger partial charge in [0.2, 0.25) is 0 Å². The van der Waals surface area contributed by atoms with Gasteiger partial charge in [-0.25, -0.2) is 4.98 Å². The molecule has 2 aromatic heterocycles. The van der Waals surface area contributed by atoms with Gasteiger partial charge in [0.15, 0.2) is 0 Å². The van der Waals surface area contributed by atoms with E-state index in [1.54, 1.807) is 11.3 Å². The molecule has 1 aromatic carbocycles. The lowest BCUT2D eigenvalue weighted by Gasteiger charge is -2.32. The van der Waals surface area contributed by atoms with Gasteiger partial charge in [0.25, 0.3) is 0 Å². The molecule has 1 aliphatic rings. The molecule has 1 aliphatic heterocycles. The molecule has 3 heterocycles. The summed E-state index contributed by atoms with van der Waals surface area (Å²) in [6.07, 6.45) is 4.46. The molecule has 5 heteroatoms. The number of piperidine rings is 1. The van der Waals surface area contributed by atoms with E-state index < -0.39 is 0 Å². The smallest absolute Gasteiger partial charge is 0.114 e. The summed E-state index contributed by atoms with van der Waals surface area (Å²) in [5.74, 6) is 1.76. The maximum Gasteiger partial charge on any atom is 0.114 e. The van der Waals surface area contributed by atoms with Crippen LogP contribution in [0.4, 0.5) is 0 Å². The van der Waals surface area contributed by atoms with Crippen molar-refractivity contribution < 1.29 is 0 Å². The van der Waals surface area contributed by atoms with Gasteiger partial charge in [0.05, 0.1) is 16.5 Å². The van der Waals surface area contributed by atoms with Crippen molar-refractivity contribution in [2.75, 3.05) is 13.1 Å². The Morgan fingerprint density at radius 3 is 3.05 bits per heavy atom. The summed E-state index contributed by atoms with van der Waals surface area (Å²) in [5.41, 5.74) is 4.26. The molecule has 0 amide bonds. The van der Waals surface area contributed by atoms with Crippen LogP contribution in [0.25, 0.3) is 11.0 Å². The Balaban J connectivity index is 1.57. The predicted octanol–water partition coefficient (Wildman–Crippen LogP) is 3.41.